The molecule has 0 amide bonds. The molecule has 0 heterocycles. The minimum Gasteiger partial charge on any atom is -0.487 e. The van der Waals surface area contributed by atoms with E-state index >= 15 is 0 Å². The summed E-state index contributed by atoms with van der Waals surface area (Å²) in [5.74, 6) is 1.53. The van der Waals surface area contributed by atoms with Crippen molar-refractivity contribution in [2.75, 3.05) is 6.54 Å². The van der Waals surface area contributed by atoms with Gasteiger partial charge in [-0.15, -0.1) is 0 Å². The van der Waals surface area contributed by atoms with Crippen LogP contribution in [-0.2, 0) is 6.42 Å². The summed E-state index contributed by atoms with van der Waals surface area (Å²) in [6.07, 6.45) is 3.98. The fourth-order valence-electron chi connectivity index (χ4n) is 2.81. The molecule has 1 aromatic rings. The van der Waals surface area contributed by atoms with Gasteiger partial charge in [-0.3, -0.25) is 0 Å². The van der Waals surface area contributed by atoms with Gasteiger partial charge in [0.05, 0.1) is 6.10 Å². The molecule has 1 fully saturated rings. The van der Waals surface area contributed by atoms with Crippen LogP contribution in [-0.4, -0.2) is 12.6 Å². The monoisotopic (exact) mass is 265 g/mol. The molecule has 0 radical (unpaired) electrons. The van der Waals surface area contributed by atoms with Gasteiger partial charge in [-0.1, -0.05) is 26.0 Å². The van der Waals surface area contributed by atoms with Crippen molar-refractivity contribution >= 4 is 0 Å². The molecular formula is C16H24FNO. The number of nitrogens with two attached hydrogens (primary N) is 1. The molecule has 3 unspecified atom stereocenters. The second kappa shape index (κ2) is 6.38. The molecule has 1 aliphatic rings. The zero-order chi connectivity index (χ0) is 13.8. The van der Waals surface area contributed by atoms with Crippen molar-refractivity contribution in [3.05, 3.63) is 29.6 Å². The first-order valence-corrected chi connectivity index (χ1v) is 7.26. The summed E-state index contributed by atoms with van der Waals surface area (Å²) in [6.45, 7) is 5.05. The number of hydrogen-bond donors (Lipinski definition) is 1. The lowest BCUT2D eigenvalue weighted by Crippen LogP contribution is -2.29. The first kappa shape index (κ1) is 14.3. The highest BCUT2D eigenvalue weighted by molar-refractivity contribution is 5.35. The topological polar surface area (TPSA) is 35.2 Å². The summed E-state index contributed by atoms with van der Waals surface area (Å²) in [7, 11) is 0. The number of hydrogen-bond acceptors (Lipinski definition) is 2. The van der Waals surface area contributed by atoms with Crippen LogP contribution in [0.2, 0.25) is 0 Å². The van der Waals surface area contributed by atoms with Crippen molar-refractivity contribution in [3.63, 3.8) is 0 Å². The Balaban J connectivity index is 2.10. The molecule has 1 saturated carbocycles. The van der Waals surface area contributed by atoms with E-state index in [1.54, 1.807) is 6.07 Å². The lowest BCUT2D eigenvalue weighted by molar-refractivity contribution is 0.0958. The van der Waals surface area contributed by atoms with Crippen molar-refractivity contribution in [2.45, 2.75) is 45.6 Å². The SMILES string of the molecule is CC1CCC(Oc2c(F)cccc2CCN)CC1C. The molecule has 3 heteroatoms. The van der Waals surface area contributed by atoms with Gasteiger partial charge in [-0.05, 0) is 55.7 Å². The molecule has 0 aromatic heterocycles. The fraction of sp³-hybridized carbons (Fsp3) is 0.625. The van der Waals surface area contributed by atoms with Gasteiger partial charge in [0.25, 0.3) is 0 Å². The molecule has 0 bridgehead atoms. The van der Waals surface area contributed by atoms with Crippen LogP contribution >= 0.6 is 0 Å². The summed E-state index contributed by atoms with van der Waals surface area (Å²) in [5.41, 5.74) is 6.46. The van der Waals surface area contributed by atoms with Crippen LogP contribution < -0.4 is 10.5 Å². The van der Waals surface area contributed by atoms with Gasteiger partial charge in [0.15, 0.2) is 11.6 Å². The lowest BCUT2D eigenvalue weighted by atomic mass is 9.80. The summed E-state index contributed by atoms with van der Waals surface area (Å²) in [6, 6.07) is 5.09. The smallest absolute Gasteiger partial charge is 0.165 e. The fourth-order valence-corrected chi connectivity index (χ4v) is 2.81. The van der Waals surface area contributed by atoms with Gasteiger partial charge in [0, 0.05) is 0 Å². The Morgan fingerprint density at radius 2 is 2.05 bits per heavy atom. The Morgan fingerprint density at radius 1 is 1.26 bits per heavy atom. The minimum atomic E-state index is -0.266. The van der Waals surface area contributed by atoms with E-state index in [4.69, 9.17) is 10.5 Å². The third kappa shape index (κ3) is 3.47. The second-order valence-electron chi connectivity index (χ2n) is 5.77. The minimum absolute atomic E-state index is 0.139. The van der Waals surface area contributed by atoms with E-state index in [0.29, 0.717) is 24.6 Å². The summed E-state index contributed by atoms with van der Waals surface area (Å²) >= 11 is 0. The Hall–Kier alpha value is -1.09. The van der Waals surface area contributed by atoms with Gasteiger partial charge in [0.2, 0.25) is 0 Å². The van der Waals surface area contributed by atoms with Crippen LogP contribution in [0.3, 0.4) is 0 Å². The largest absolute Gasteiger partial charge is 0.487 e. The standard InChI is InChI=1S/C16H24FNO/c1-11-6-7-14(10-12(11)2)19-16-13(8-9-18)4-3-5-15(16)17/h3-5,11-12,14H,6-10,18H2,1-2H3. The number of para-hydroxylation sites is 1. The quantitative estimate of drug-likeness (QED) is 0.904. The highest BCUT2D eigenvalue weighted by atomic mass is 19.1. The van der Waals surface area contributed by atoms with Crippen molar-refractivity contribution in [1.82, 2.24) is 0 Å². The zero-order valence-corrected chi connectivity index (χ0v) is 11.9. The molecule has 2 rings (SSSR count). The molecule has 106 valence electrons. The van der Waals surface area contributed by atoms with E-state index in [-0.39, 0.29) is 11.9 Å². The van der Waals surface area contributed by atoms with Gasteiger partial charge in [-0.2, -0.15) is 0 Å². The molecule has 0 spiro atoms. The molecule has 2 N–H and O–H groups in total. The van der Waals surface area contributed by atoms with E-state index in [2.05, 4.69) is 13.8 Å². The Labute approximate surface area is 115 Å². The maximum absolute atomic E-state index is 13.9. The molecular weight excluding hydrogens is 241 g/mol. The number of rotatable bonds is 4. The molecule has 3 atom stereocenters. The molecule has 2 nitrogen and oxygen atoms in total. The van der Waals surface area contributed by atoms with E-state index in [1.165, 1.54) is 6.07 Å². The Bertz CT molecular complexity index is 421. The van der Waals surface area contributed by atoms with Crippen LogP contribution in [0.4, 0.5) is 4.39 Å². The molecule has 0 saturated heterocycles. The van der Waals surface area contributed by atoms with E-state index in [1.807, 2.05) is 6.07 Å². The Morgan fingerprint density at radius 3 is 2.74 bits per heavy atom. The number of ether oxygens (including phenoxy) is 1. The Kier molecular flexibility index (Phi) is 4.81. The molecule has 19 heavy (non-hydrogen) atoms. The maximum atomic E-state index is 13.9. The van der Waals surface area contributed by atoms with Crippen LogP contribution in [0.15, 0.2) is 18.2 Å². The summed E-state index contributed by atoms with van der Waals surface area (Å²) < 4.78 is 19.9. The second-order valence-corrected chi connectivity index (χ2v) is 5.77. The highest BCUT2D eigenvalue weighted by Gasteiger charge is 2.26. The van der Waals surface area contributed by atoms with E-state index < -0.39 is 0 Å². The van der Waals surface area contributed by atoms with Gasteiger partial charge < -0.3 is 10.5 Å². The van der Waals surface area contributed by atoms with Gasteiger partial charge in [-0.25, -0.2) is 4.39 Å². The van der Waals surface area contributed by atoms with Gasteiger partial charge in [0.1, 0.15) is 0 Å². The lowest BCUT2D eigenvalue weighted by Gasteiger charge is -2.32. The van der Waals surface area contributed by atoms with E-state index in [0.717, 1.165) is 30.7 Å². The summed E-state index contributed by atoms with van der Waals surface area (Å²) in [5, 5.41) is 0. The van der Waals surface area contributed by atoms with Crippen molar-refractivity contribution in [2.24, 2.45) is 17.6 Å². The first-order valence-electron chi connectivity index (χ1n) is 7.26. The highest BCUT2D eigenvalue weighted by Crippen LogP contribution is 2.33. The van der Waals surface area contributed by atoms with Crippen molar-refractivity contribution < 1.29 is 9.13 Å². The summed E-state index contributed by atoms with van der Waals surface area (Å²) in [4.78, 5) is 0. The van der Waals surface area contributed by atoms with Crippen molar-refractivity contribution in [3.8, 4) is 5.75 Å². The van der Waals surface area contributed by atoms with Gasteiger partial charge >= 0.3 is 0 Å². The molecule has 1 aromatic carbocycles. The van der Waals surface area contributed by atoms with E-state index in [9.17, 15) is 4.39 Å². The number of halogens is 1. The van der Waals surface area contributed by atoms with Crippen LogP contribution in [0, 0.1) is 17.7 Å². The average molecular weight is 265 g/mol. The van der Waals surface area contributed by atoms with Crippen LogP contribution in [0.1, 0.15) is 38.7 Å². The molecule has 1 aliphatic carbocycles. The molecule has 0 aliphatic heterocycles. The first-order chi connectivity index (χ1) is 9.11. The van der Waals surface area contributed by atoms with Crippen LogP contribution in [0.25, 0.3) is 0 Å². The third-order valence-electron chi connectivity index (χ3n) is 4.30. The predicted molar refractivity (Wildman–Crippen MR) is 75.8 cm³/mol. The maximum Gasteiger partial charge on any atom is 0.165 e. The normalized spacial score (nSPS) is 27.3. The van der Waals surface area contributed by atoms with Crippen LogP contribution in [0.5, 0.6) is 5.75 Å². The average Bonchev–Trinajstić information content (AvgIpc) is 2.38. The number of benzene rings is 1. The third-order valence-corrected chi connectivity index (χ3v) is 4.30. The van der Waals surface area contributed by atoms with Crippen molar-refractivity contribution in [1.29, 1.82) is 0 Å². The predicted octanol–water partition coefficient (Wildman–Crippen LogP) is 3.53. The zero-order valence-electron chi connectivity index (χ0n) is 11.9.